The van der Waals surface area contributed by atoms with Crippen LogP contribution >= 0.6 is 11.3 Å². The van der Waals surface area contributed by atoms with Crippen molar-refractivity contribution in [2.45, 2.75) is 20.4 Å². The summed E-state index contributed by atoms with van der Waals surface area (Å²) in [5, 5.41) is 2.57. The van der Waals surface area contributed by atoms with E-state index in [1.807, 2.05) is 17.5 Å². The standard InChI is InChI=1S/C23H24N4O2S/c1-15-5-3-6-18(16(15)2)27-10-8-26(9-11-27)13-20-24-22(28)21-17(14-30-23(21)25-20)19-7-4-12-29-19/h3-7,12,14H,8-11,13H2,1-2H3,(H,24,25,28)/p+1. The van der Waals surface area contributed by atoms with E-state index in [0.29, 0.717) is 11.1 Å². The predicted octanol–water partition coefficient (Wildman–Crippen LogP) is 2.77. The Morgan fingerprint density at radius 3 is 2.80 bits per heavy atom. The Balaban J connectivity index is 1.31. The monoisotopic (exact) mass is 421 g/mol. The molecule has 0 saturated carbocycles. The maximum atomic E-state index is 12.8. The predicted molar refractivity (Wildman–Crippen MR) is 120 cm³/mol. The third kappa shape index (κ3) is 3.44. The number of furan rings is 1. The molecule has 1 saturated heterocycles. The van der Waals surface area contributed by atoms with Crippen molar-refractivity contribution in [2.24, 2.45) is 0 Å². The molecule has 1 aromatic carbocycles. The molecule has 154 valence electrons. The molecule has 2 N–H and O–H groups in total. The molecule has 6 nitrogen and oxygen atoms in total. The van der Waals surface area contributed by atoms with Gasteiger partial charge in [-0.3, -0.25) is 4.79 Å². The number of fused-ring (bicyclic) bond motifs is 1. The fourth-order valence-corrected chi connectivity index (χ4v) is 5.19. The molecule has 0 unspecified atom stereocenters. The van der Waals surface area contributed by atoms with Gasteiger partial charge in [-0.05, 0) is 43.2 Å². The highest BCUT2D eigenvalue weighted by Crippen LogP contribution is 2.30. The van der Waals surface area contributed by atoms with E-state index in [2.05, 4.69) is 41.9 Å². The summed E-state index contributed by atoms with van der Waals surface area (Å²) < 4.78 is 5.47. The average molecular weight is 422 g/mol. The number of aryl methyl sites for hydroxylation is 1. The van der Waals surface area contributed by atoms with E-state index in [0.717, 1.165) is 48.9 Å². The summed E-state index contributed by atoms with van der Waals surface area (Å²) in [6.07, 6.45) is 1.62. The molecule has 30 heavy (non-hydrogen) atoms. The number of H-pyrrole nitrogens is 1. The van der Waals surface area contributed by atoms with Crippen LogP contribution in [0.3, 0.4) is 0 Å². The van der Waals surface area contributed by atoms with Gasteiger partial charge in [0.2, 0.25) is 0 Å². The first-order valence-electron chi connectivity index (χ1n) is 10.3. The van der Waals surface area contributed by atoms with E-state index in [4.69, 9.17) is 9.40 Å². The molecule has 0 aliphatic carbocycles. The number of hydrogen-bond donors (Lipinski definition) is 2. The van der Waals surface area contributed by atoms with Gasteiger partial charge in [-0.25, -0.2) is 4.98 Å². The maximum Gasteiger partial charge on any atom is 0.260 e. The van der Waals surface area contributed by atoms with Gasteiger partial charge < -0.3 is 19.2 Å². The smallest absolute Gasteiger partial charge is 0.260 e. The second-order valence-electron chi connectivity index (χ2n) is 7.95. The van der Waals surface area contributed by atoms with E-state index in [9.17, 15) is 4.79 Å². The number of aromatic amines is 1. The molecule has 0 amide bonds. The molecular formula is C23H25N4O2S+. The Morgan fingerprint density at radius 1 is 1.20 bits per heavy atom. The Morgan fingerprint density at radius 2 is 2.03 bits per heavy atom. The van der Waals surface area contributed by atoms with Gasteiger partial charge in [0.05, 0.1) is 37.8 Å². The van der Waals surface area contributed by atoms with Gasteiger partial charge in [-0.15, -0.1) is 11.3 Å². The van der Waals surface area contributed by atoms with E-state index >= 15 is 0 Å². The summed E-state index contributed by atoms with van der Waals surface area (Å²) in [7, 11) is 0. The first kappa shape index (κ1) is 19.1. The molecule has 0 bridgehead atoms. The number of quaternary nitrogens is 1. The number of piperazine rings is 1. The van der Waals surface area contributed by atoms with Gasteiger partial charge >= 0.3 is 0 Å². The lowest BCUT2D eigenvalue weighted by Gasteiger charge is -2.34. The fraction of sp³-hybridized carbons (Fsp3) is 0.304. The summed E-state index contributed by atoms with van der Waals surface area (Å²) in [5.74, 6) is 1.46. The first-order chi connectivity index (χ1) is 14.6. The van der Waals surface area contributed by atoms with Crippen LogP contribution in [0.4, 0.5) is 5.69 Å². The molecule has 7 heteroatoms. The molecular weight excluding hydrogens is 396 g/mol. The zero-order valence-electron chi connectivity index (χ0n) is 17.2. The Kier molecular flexibility index (Phi) is 4.92. The van der Waals surface area contributed by atoms with E-state index in [1.165, 1.54) is 33.1 Å². The van der Waals surface area contributed by atoms with Gasteiger partial charge in [0.15, 0.2) is 5.82 Å². The van der Waals surface area contributed by atoms with E-state index in [1.54, 1.807) is 6.26 Å². The molecule has 4 aromatic rings. The molecule has 3 aromatic heterocycles. The highest BCUT2D eigenvalue weighted by molar-refractivity contribution is 7.17. The van der Waals surface area contributed by atoms with Crippen molar-refractivity contribution in [1.82, 2.24) is 9.97 Å². The highest BCUT2D eigenvalue weighted by Gasteiger charge is 2.23. The average Bonchev–Trinajstić information content (AvgIpc) is 3.40. The van der Waals surface area contributed by atoms with Crippen LogP contribution in [0.25, 0.3) is 21.5 Å². The van der Waals surface area contributed by atoms with Crippen LogP contribution in [0.15, 0.2) is 51.2 Å². The number of nitrogens with zero attached hydrogens (tertiary/aromatic N) is 2. The molecule has 4 heterocycles. The topological polar surface area (TPSA) is 66.6 Å². The highest BCUT2D eigenvalue weighted by atomic mass is 32.1. The van der Waals surface area contributed by atoms with Crippen LogP contribution in [0, 0.1) is 13.8 Å². The second-order valence-corrected chi connectivity index (χ2v) is 8.81. The second kappa shape index (κ2) is 7.74. The Hall–Kier alpha value is -2.90. The Bertz CT molecular complexity index is 1230. The summed E-state index contributed by atoms with van der Waals surface area (Å²) in [6, 6.07) is 10.2. The number of benzene rings is 1. The lowest BCUT2D eigenvalue weighted by molar-refractivity contribution is -0.915. The summed E-state index contributed by atoms with van der Waals surface area (Å²) >= 11 is 1.49. The van der Waals surface area contributed by atoms with E-state index < -0.39 is 0 Å². The molecule has 5 rings (SSSR count). The van der Waals surface area contributed by atoms with Crippen molar-refractivity contribution in [3.8, 4) is 11.3 Å². The van der Waals surface area contributed by atoms with Crippen LogP contribution in [-0.2, 0) is 6.54 Å². The van der Waals surface area contributed by atoms with Crippen LogP contribution in [0.2, 0.25) is 0 Å². The van der Waals surface area contributed by atoms with Crippen LogP contribution in [0.1, 0.15) is 17.0 Å². The van der Waals surface area contributed by atoms with Crippen LogP contribution in [-0.4, -0.2) is 36.1 Å². The van der Waals surface area contributed by atoms with Crippen LogP contribution < -0.4 is 15.4 Å². The number of hydrogen-bond acceptors (Lipinski definition) is 5. The third-order valence-electron chi connectivity index (χ3n) is 6.08. The van der Waals surface area contributed by atoms with Crippen molar-refractivity contribution in [1.29, 1.82) is 0 Å². The molecule has 1 aliphatic rings. The SMILES string of the molecule is Cc1cccc(N2CC[NH+](Cc3nc4scc(-c5ccco5)c4c(=O)[nH]3)CC2)c1C. The molecule has 1 aliphatic heterocycles. The zero-order valence-corrected chi connectivity index (χ0v) is 18.0. The van der Waals surface area contributed by atoms with Gasteiger partial charge in [0, 0.05) is 16.6 Å². The van der Waals surface area contributed by atoms with Crippen molar-refractivity contribution in [3.63, 3.8) is 0 Å². The minimum Gasteiger partial charge on any atom is -0.464 e. The zero-order chi connectivity index (χ0) is 20.7. The van der Waals surface area contributed by atoms with Crippen molar-refractivity contribution in [3.05, 3.63) is 69.3 Å². The van der Waals surface area contributed by atoms with Gasteiger partial charge in [-0.2, -0.15) is 0 Å². The van der Waals surface area contributed by atoms with Crippen molar-refractivity contribution >= 4 is 27.2 Å². The number of nitrogens with one attached hydrogen (secondary N) is 2. The maximum absolute atomic E-state index is 12.8. The largest absolute Gasteiger partial charge is 0.464 e. The quantitative estimate of drug-likeness (QED) is 0.532. The first-order valence-corrected chi connectivity index (χ1v) is 11.2. The van der Waals surface area contributed by atoms with Crippen molar-refractivity contribution in [2.75, 3.05) is 31.1 Å². The number of rotatable bonds is 4. The minimum atomic E-state index is -0.0870. The molecule has 0 spiro atoms. The molecule has 1 fully saturated rings. The lowest BCUT2D eigenvalue weighted by Crippen LogP contribution is -3.13. The summed E-state index contributed by atoms with van der Waals surface area (Å²) in [6.45, 7) is 9.17. The van der Waals surface area contributed by atoms with Gasteiger partial charge in [-0.1, -0.05) is 12.1 Å². The normalized spacial score (nSPS) is 15.2. The third-order valence-corrected chi connectivity index (χ3v) is 6.96. The fourth-order valence-electron chi connectivity index (χ4n) is 4.25. The van der Waals surface area contributed by atoms with Crippen LogP contribution in [0.5, 0.6) is 0 Å². The molecule has 0 atom stereocenters. The summed E-state index contributed by atoms with van der Waals surface area (Å²) in [5.41, 5.74) is 4.77. The number of anilines is 1. The lowest BCUT2D eigenvalue weighted by atomic mass is 10.1. The minimum absolute atomic E-state index is 0.0870. The Labute approximate surface area is 178 Å². The number of aromatic nitrogens is 2. The van der Waals surface area contributed by atoms with Gasteiger partial charge in [0.25, 0.3) is 5.56 Å². The number of thiophene rings is 1. The van der Waals surface area contributed by atoms with Gasteiger partial charge in [0.1, 0.15) is 17.1 Å². The van der Waals surface area contributed by atoms with E-state index in [-0.39, 0.29) is 5.56 Å². The van der Waals surface area contributed by atoms with Crippen molar-refractivity contribution < 1.29 is 9.32 Å². The summed E-state index contributed by atoms with van der Waals surface area (Å²) in [4.78, 5) is 25.2. The molecule has 0 radical (unpaired) electrons.